The fourth-order valence-corrected chi connectivity index (χ4v) is 2.57. The zero-order chi connectivity index (χ0) is 22.7. The van der Waals surface area contributed by atoms with Gasteiger partial charge in [-0.25, -0.2) is 4.79 Å². The fourth-order valence-electron chi connectivity index (χ4n) is 2.15. The van der Waals surface area contributed by atoms with Crippen LogP contribution in [-0.2, 0) is 24.0 Å². The van der Waals surface area contributed by atoms with E-state index in [4.69, 9.17) is 11.5 Å². The van der Waals surface area contributed by atoms with Gasteiger partial charge in [-0.05, 0) is 12.3 Å². The third-order valence-corrected chi connectivity index (χ3v) is 4.65. The molecule has 0 radical (unpaired) electrons. The lowest BCUT2D eigenvalue weighted by molar-refractivity contribution is -0.143. The number of carbonyl (C=O) groups is 5. The van der Waals surface area contributed by atoms with E-state index in [0.717, 1.165) is 0 Å². The molecule has 0 aliphatic heterocycles. The van der Waals surface area contributed by atoms with Crippen molar-refractivity contribution >= 4 is 54.9 Å². The highest BCUT2D eigenvalue weighted by molar-refractivity contribution is 7.80. The molecule has 4 amide bonds. The van der Waals surface area contributed by atoms with Gasteiger partial charge in [-0.1, -0.05) is 13.8 Å². The van der Waals surface area contributed by atoms with E-state index in [-0.39, 0.29) is 24.3 Å². The number of primary amides is 1. The molecule has 0 aliphatic carbocycles. The van der Waals surface area contributed by atoms with Crippen LogP contribution in [0.4, 0.5) is 0 Å². The number of nitrogens with one attached hydrogen (secondary N) is 3. The summed E-state index contributed by atoms with van der Waals surface area (Å²) in [5.41, 5.74) is 10.6. The molecule has 4 unspecified atom stereocenters. The normalized spacial score (nSPS) is 15.0. The average molecular weight is 452 g/mol. The lowest BCUT2D eigenvalue weighted by Gasteiger charge is -2.25. The minimum absolute atomic E-state index is 0.0577. The number of amides is 4. The smallest absolute Gasteiger partial charge is 0.326 e. The topological polar surface area (TPSA) is 194 Å². The number of aliphatic carboxylic acids is 1. The Hall–Kier alpha value is -1.99. The number of carboxylic acids is 1. The van der Waals surface area contributed by atoms with Crippen LogP contribution in [0.25, 0.3) is 0 Å². The minimum Gasteiger partial charge on any atom is -0.480 e. The van der Waals surface area contributed by atoms with E-state index < -0.39 is 59.7 Å². The summed E-state index contributed by atoms with van der Waals surface area (Å²) in [6, 6.07) is -4.48. The van der Waals surface area contributed by atoms with Crippen molar-refractivity contribution in [1.82, 2.24) is 16.0 Å². The molecule has 29 heavy (non-hydrogen) atoms. The summed E-state index contributed by atoms with van der Waals surface area (Å²) in [5.74, 6) is -4.57. The summed E-state index contributed by atoms with van der Waals surface area (Å²) in [7, 11) is 0. The molecule has 11 nitrogen and oxygen atoms in total. The lowest BCUT2D eigenvalue weighted by Crippen LogP contribution is -2.58. The summed E-state index contributed by atoms with van der Waals surface area (Å²) >= 11 is 7.91. The molecule has 0 fully saturated rings. The third-order valence-electron chi connectivity index (χ3n) is 3.89. The van der Waals surface area contributed by atoms with Gasteiger partial charge in [0.15, 0.2) is 0 Å². The molecule has 166 valence electrons. The molecule has 0 aromatic rings. The molecule has 0 rings (SSSR count). The summed E-state index contributed by atoms with van der Waals surface area (Å²) < 4.78 is 0. The number of rotatable bonds is 13. The van der Waals surface area contributed by atoms with E-state index in [1.54, 1.807) is 13.8 Å². The van der Waals surface area contributed by atoms with Gasteiger partial charge in [0, 0.05) is 17.9 Å². The van der Waals surface area contributed by atoms with Gasteiger partial charge in [0.2, 0.25) is 23.6 Å². The molecule has 0 saturated carbocycles. The van der Waals surface area contributed by atoms with Gasteiger partial charge in [-0.3, -0.25) is 19.2 Å². The molecule has 0 aliphatic rings. The van der Waals surface area contributed by atoms with Crippen molar-refractivity contribution in [3.63, 3.8) is 0 Å². The Kier molecular flexibility index (Phi) is 12.4. The predicted molar refractivity (Wildman–Crippen MR) is 112 cm³/mol. The maximum absolute atomic E-state index is 12.5. The summed E-state index contributed by atoms with van der Waals surface area (Å²) in [4.78, 5) is 59.3. The third kappa shape index (κ3) is 9.85. The first-order valence-corrected chi connectivity index (χ1v) is 10.1. The van der Waals surface area contributed by atoms with Crippen molar-refractivity contribution in [2.45, 2.75) is 50.9 Å². The number of nitrogens with two attached hydrogens (primary N) is 2. The zero-order valence-corrected chi connectivity index (χ0v) is 18.0. The van der Waals surface area contributed by atoms with Gasteiger partial charge in [0.1, 0.15) is 18.1 Å². The van der Waals surface area contributed by atoms with Gasteiger partial charge in [0.25, 0.3) is 0 Å². The zero-order valence-electron chi connectivity index (χ0n) is 16.3. The SMILES string of the molecule is CC(C)C(NC(=O)C(CCC(N)=O)NC(=O)C(CS)NC(=O)C(N)CS)C(=O)O. The Bertz CT molecular complexity index is 619. The van der Waals surface area contributed by atoms with Gasteiger partial charge >= 0.3 is 5.97 Å². The van der Waals surface area contributed by atoms with Crippen LogP contribution in [0.5, 0.6) is 0 Å². The second-order valence-corrected chi connectivity index (χ2v) is 7.40. The van der Waals surface area contributed by atoms with Crippen LogP contribution in [0.15, 0.2) is 0 Å². The van der Waals surface area contributed by atoms with Crippen LogP contribution in [0.1, 0.15) is 26.7 Å². The maximum Gasteiger partial charge on any atom is 0.326 e. The Morgan fingerprint density at radius 1 is 0.897 bits per heavy atom. The first-order valence-electron chi connectivity index (χ1n) is 8.84. The second kappa shape index (κ2) is 13.3. The Labute approximate surface area is 179 Å². The Morgan fingerprint density at radius 2 is 1.41 bits per heavy atom. The molecular weight excluding hydrogens is 422 g/mol. The largest absolute Gasteiger partial charge is 0.480 e. The van der Waals surface area contributed by atoms with Crippen molar-refractivity contribution in [1.29, 1.82) is 0 Å². The van der Waals surface area contributed by atoms with E-state index in [0.29, 0.717) is 0 Å². The molecule has 13 heteroatoms. The van der Waals surface area contributed by atoms with E-state index in [1.807, 2.05) is 0 Å². The summed E-state index contributed by atoms with van der Waals surface area (Å²) in [6.07, 6.45) is -0.374. The maximum atomic E-state index is 12.5. The summed E-state index contributed by atoms with van der Waals surface area (Å²) in [6.45, 7) is 3.21. The van der Waals surface area contributed by atoms with Crippen LogP contribution in [0, 0.1) is 5.92 Å². The van der Waals surface area contributed by atoms with Crippen molar-refractivity contribution in [2.75, 3.05) is 11.5 Å². The van der Waals surface area contributed by atoms with Crippen LogP contribution >= 0.6 is 25.3 Å². The van der Waals surface area contributed by atoms with Crippen molar-refractivity contribution < 1.29 is 29.1 Å². The highest BCUT2D eigenvalue weighted by Gasteiger charge is 2.30. The molecule has 8 N–H and O–H groups in total. The molecule has 0 saturated heterocycles. The number of hydrogen-bond acceptors (Lipinski definition) is 8. The van der Waals surface area contributed by atoms with E-state index in [1.165, 1.54) is 0 Å². The molecule has 4 atom stereocenters. The molecular formula is C16H29N5O6S2. The number of thiol groups is 2. The molecule has 0 bridgehead atoms. The number of carbonyl (C=O) groups excluding carboxylic acids is 4. The quantitative estimate of drug-likeness (QED) is 0.143. The second-order valence-electron chi connectivity index (χ2n) is 6.67. The highest BCUT2D eigenvalue weighted by atomic mass is 32.1. The Morgan fingerprint density at radius 3 is 1.83 bits per heavy atom. The van der Waals surface area contributed by atoms with E-state index in [2.05, 4.69) is 41.2 Å². The molecule has 0 aromatic carbocycles. The van der Waals surface area contributed by atoms with E-state index >= 15 is 0 Å². The van der Waals surface area contributed by atoms with Crippen molar-refractivity contribution in [3.05, 3.63) is 0 Å². The van der Waals surface area contributed by atoms with Crippen molar-refractivity contribution in [2.24, 2.45) is 17.4 Å². The predicted octanol–water partition coefficient (Wildman–Crippen LogP) is -2.37. The average Bonchev–Trinajstić information content (AvgIpc) is 2.65. The molecule has 0 heterocycles. The van der Waals surface area contributed by atoms with Crippen LogP contribution in [0.3, 0.4) is 0 Å². The Balaban J connectivity index is 5.30. The lowest BCUT2D eigenvalue weighted by atomic mass is 10.0. The minimum atomic E-state index is -1.24. The van der Waals surface area contributed by atoms with Gasteiger partial charge in [-0.2, -0.15) is 25.3 Å². The van der Waals surface area contributed by atoms with Gasteiger partial charge < -0.3 is 32.5 Å². The summed E-state index contributed by atoms with van der Waals surface area (Å²) in [5, 5.41) is 16.3. The van der Waals surface area contributed by atoms with Crippen LogP contribution in [-0.4, -0.2) is 70.4 Å². The first-order chi connectivity index (χ1) is 13.4. The first kappa shape index (κ1) is 27.0. The fraction of sp³-hybridized carbons (Fsp3) is 0.688. The molecule has 0 spiro atoms. The van der Waals surface area contributed by atoms with Crippen molar-refractivity contribution in [3.8, 4) is 0 Å². The molecule has 0 aromatic heterocycles. The number of carboxylic acid groups (broad SMARTS) is 1. The highest BCUT2D eigenvalue weighted by Crippen LogP contribution is 2.05. The van der Waals surface area contributed by atoms with Gasteiger partial charge in [-0.15, -0.1) is 0 Å². The standard InChI is InChI=1S/C16H29N5O6S2/c1-7(2)12(16(26)27)21-14(24)9(3-4-11(18)22)19-15(25)10(6-29)20-13(23)8(17)5-28/h7-10,12,28-29H,3-6,17H2,1-2H3,(H2,18,22)(H,19,25)(H,20,23)(H,21,24)(H,26,27). The van der Waals surface area contributed by atoms with Gasteiger partial charge in [0.05, 0.1) is 6.04 Å². The van der Waals surface area contributed by atoms with E-state index in [9.17, 15) is 29.1 Å². The monoisotopic (exact) mass is 451 g/mol. The van der Waals surface area contributed by atoms with Crippen LogP contribution in [0.2, 0.25) is 0 Å². The number of hydrogen-bond donors (Lipinski definition) is 8. The van der Waals surface area contributed by atoms with Crippen LogP contribution < -0.4 is 27.4 Å².